The zero-order valence-corrected chi connectivity index (χ0v) is 19.4. The third kappa shape index (κ3) is 7.34. The second-order valence-electron chi connectivity index (χ2n) is 8.56. The molecule has 3 N–H and O–H groups in total. The molecule has 9 nitrogen and oxygen atoms in total. The number of ether oxygens (including phenoxy) is 1. The van der Waals surface area contributed by atoms with Crippen LogP contribution < -0.4 is 0 Å². The SMILES string of the molecule is C[C@@H]1C/C=C/[C@H](O)C/C=C/C(=N\OCC(=O)N2CCCCC2)Cc2cc(O)cc(O)c2C(=O)O1. The number of aliphatic hydroxyl groups excluding tert-OH is 1. The third-order valence-corrected chi connectivity index (χ3v) is 5.66. The molecular formula is C25H32N2O7. The van der Waals surface area contributed by atoms with Gasteiger partial charge in [-0.25, -0.2) is 4.79 Å². The highest BCUT2D eigenvalue weighted by molar-refractivity contribution is 6.00. The van der Waals surface area contributed by atoms with Gasteiger partial charge in [0.15, 0.2) is 6.61 Å². The topological polar surface area (TPSA) is 129 Å². The van der Waals surface area contributed by atoms with Gasteiger partial charge in [-0.2, -0.15) is 0 Å². The van der Waals surface area contributed by atoms with Gasteiger partial charge in [-0.15, -0.1) is 0 Å². The number of amides is 1. The Morgan fingerprint density at radius 2 is 1.94 bits per heavy atom. The van der Waals surface area contributed by atoms with Gasteiger partial charge in [0.2, 0.25) is 0 Å². The number of aliphatic hydroxyl groups is 1. The molecule has 184 valence electrons. The number of likely N-dealkylation sites (tertiary alicyclic amines) is 1. The van der Waals surface area contributed by atoms with Crippen LogP contribution in [0.1, 0.15) is 54.9 Å². The lowest BCUT2D eigenvalue weighted by Gasteiger charge is -2.26. The van der Waals surface area contributed by atoms with Gasteiger partial charge < -0.3 is 29.8 Å². The first kappa shape index (κ1) is 25.3. The van der Waals surface area contributed by atoms with Gasteiger partial charge in [-0.3, -0.25) is 4.79 Å². The lowest BCUT2D eigenvalue weighted by molar-refractivity contribution is -0.137. The Morgan fingerprint density at radius 3 is 2.71 bits per heavy atom. The minimum Gasteiger partial charge on any atom is -0.508 e. The molecule has 2 aliphatic rings. The van der Waals surface area contributed by atoms with Crippen molar-refractivity contribution >= 4 is 17.6 Å². The van der Waals surface area contributed by atoms with E-state index in [0.717, 1.165) is 25.3 Å². The number of carbonyl (C=O) groups is 2. The standard InChI is InChI=1S/C25H32N2O7/c1-17-7-5-9-20(28)10-6-8-19(26-33-16-23(31)27-11-3-2-4-12-27)13-18-14-21(29)15-22(30)24(18)25(32)34-17/h5-6,8-9,14-15,17,20,28-30H,2-4,7,10-13,16H2,1H3/b8-6+,9-5+,26-19+/t17-,20+/m1/s1. The summed E-state index contributed by atoms with van der Waals surface area (Å²) in [7, 11) is 0. The number of fused-ring (bicyclic) bond motifs is 1. The van der Waals surface area contributed by atoms with Crippen molar-refractivity contribution in [2.45, 2.75) is 57.7 Å². The summed E-state index contributed by atoms with van der Waals surface area (Å²) in [6.07, 6.45) is 9.22. The molecule has 1 fully saturated rings. The molecule has 0 aromatic heterocycles. The van der Waals surface area contributed by atoms with E-state index in [9.17, 15) is 24.9 Å². The zero-order chi connectivity index (χ0) is 24.5. The molecule has 1 aromatic rings. The van der Waals surface area contributed by atoms with E-state index in [2.05, 4.69) is 5.16 Å². The molecule has 1 saturated heterocycles. The molecule has 34 heavy (non-hydrogen) atoms. The number of allylic oxidation sites excluding steroid dienone is 1. The van der Waals surface area contributed by atoms with Crippen LogP contribution in [0.15, 0.2) is 41.6 Å². The highest BCUT2D eigenvalue weighted by Crippen LogP contribution is 2.29. The van der Waals surface area contributed by atoms with Gasteiger partial charge in [-0.1, -0.05) is 23.4 Å². The molecule has 0 spiro atoms. The normalized spacial score (nSPS) is 25.1. The van der Waals surface area contributed by atoms with Crippen LogP contribution in [0, 0.1) is 0 Å². The average molecular weight is 473 g/mol. The van der Waals surface area contributed by atoms with Crippen molar-refractivity contribution in [3.63, 3.8) is 0 Å². The van der Waals surface area contributed by atoms with Crippen molar-refractivity contribution in [1.29, 1.82) is 0 Å². The van der Waals surface area contributed by atoms with E-state index in [1.165, 1.54) is 6.07 Å². The first-order valence-corrected chi connectivity index (χ1v) is 11.6. The molecule has 0 radical (unpaired) electrons. The molecule has 3 rings (SSSR count). The van der Waals surface area contributed by atoms with E-state index < -0.39 is 23.9 Å². The van der Waals surface area contributed by atoms with Crippen LogP contribution in [0.5, 0.6) is 11.5 Å². The highest BCUT2D eigenvalue weighted by atomic mass is 16.6. The fourth-order valence-corrected chi connectivity index (χ4v) is 3.91. The number of esters is 1. The Labute approximate surface area is 199 Å². The lowest BCUT2D eigenvalue weighted by Crippen LogP contribution is -2.37. The summed E-state index contributed by atoms with van der Waals surface area (Å²) in [4.78, 5) is 32.2. The summed E-state index contributed by atoms with van der Waals surface area (Å²) in [6, 6.07) is 2.43. The van der Waals surface area contributed by atoms with Crippen molar-refractivity contribution in [1.82, 2.24) is 4.90 Å². The van der Waals surface area contributed by atoms with Gasteiger partial charge in [0, 0.05) is 32.0 Å². The molecule has 0 aliphatic carbocycles. The van der Waals surface area contributed by atoms with Gasteiger partial charge in [0.25, 0.3) is 5.91 Å². The van der Waals surface area contributed by atoms with E-state index >= 15 is 0 Å². The molecular weight excluding hydrogens is 440 g/mol. The number of carbonyl (C=O) groups excluding carboxylic acids is 2. The quantitative estimate of drug-likeness (QED) is 0.350. The van der Waals surface area contributed by atoms with Crippen LogP contribution in [-0.2, 0) is 20.8 Å². The average Bonchev–Trinajstić information content (AvgIpc) is 2.78. The zero-order valence-electron chi connectivity index (χ0n) is 19.4. The first-order chi connectivity index (χ1) is 16.3. The van der Waals surface area contributed by atoms with Crippen LogP contribution in [0.25, 0.3) is 0 Å². The van der Waals surface area contributed by atoms with E-state index in [-0.39, 0.29) is 35.8 Å². The Bertz CT molecular complexity index is 964. The molecule has 0 bridgehead atoms. The summed E-state index contributed by atoms with van der Waals surface area (Å²) >= 11 is 0. The number of benzene rings is 1. The van der Waals surface area contributed by atoms with Gasteiger partial charge in [-0.05, 0) is 50.3 Å². The van der Waals surface area contributed by atoms with E-state index in [0.29, 0.717) is 31.6 Å². The first-order valence-electron chi connectivity index (χ1n) is 11.6. The number of piperidine rings is 1. The van der Waals surface area contributed by atoms with Crippen molar-refractivity contribution in [3.05, 3.63) is 47.6 Å². The number of cyclic esters (lactones) is 1. The van der Waals surface area contributed by atoms with Crippen molar-refractivity contribution < 1.29 is 34.5 Å². The maximum absolute atomic E-state index is 12.8. The smallest absolute Gasteiger partial charge is 0.342 e. The second kappa shape index (κ2) is 12.2. The number of phenols is 2. The van der Waals surface area contributed by atoms with Crippen LogP contribution in [-0.4, -0.2) is 69.7 Å². The van der Waals surface area contributed by atoms with Crippen LogP contribution in [0.3, 0.4) is 0 Å². The van der Waals surface area contributed by atoms with Crippen LogP contribution in [0.4, 0.5) is 0 Å². The third-order valence-electron chi connectivity index (χ3n) is 5.66. The number of hydrogen-bond acceptors (Lipinski definition) is 8. The molecule has 9 heteroatoms. The van der Waals surface area contributed by atoms with Crippen molar-refractivity contribution in [3.8, 4) is 11.5 Å². The highest BCUT2D eigenvalue weighted by Gasteiger charge is 2.22. The predicted octanol–water partition coefficient (Wildman–Crippen LogP) is 2.84. The summed E-state index contributed by atoms with van der Waals surface area (Å²) < 4.78 is 5.44. The fourth-order valence-electron chi connectivity index (χ4n) is 3.91. The van der Waals surface area contributed by atoms with Gasteiger partial charge in [0.05, 0.1) is 11.8 Å². The number of oxime groups is 1. The molecule has 1 amide bonds. The minimum atomic E-state index is -0.740. The lowest BCUT2D eigenvalue weighted by atomic mass is 9.99. The number of phenolic OH excluding ortho intramolecular Hbond substituents is 2. The number of rotatable bonds is 3. The Balaban J connectivity index is 1.86. The van der Waals surface area contributed by atoms with Crippen molar-refractivity contribution in [2.24, 2.45) is 5.16 Å². The minimum absolute atomic E-state index is 0.0150. The maximum atomic E-state index is 12.8. The predicted molar refractivity (Wildman–Crippen MR) is 126 cm³/mol. The Hall–Kier alpha value is -3.33. The molecule has 2 atom stereocenters. The monoisotopic (exact) mass is 472 g/mol. The van der Waals surface area contributed by atoms with E-state index in [1.54, 1.807) is 36.1 Å². The summed E-state index contributed by atoms with van der Waals surface area (Å²) in [5.41, 5.74) is 0.556. The van der Waals surface area contributed by atoms with Crippen molar-refractivity contribution in [2.75, 3.05) is 19.7 Å². The van der Waals surface area contributed by atoms with Gasteiger partial charge >= 0.3 is 5.97 Å². The Morgan fingerprint density at radius 1 is 1.18 bits per heavy atom. The molecule has 2 aliphatic heterocycles. The Kier molecular flexibility index (Phi) is 9.09. The van der Waals surface area contributed by atoms with Crippen LogP contribution in [0.2, 0.25) is 0 Å². The summed E-state index contributed by atoms with van der Waals surface area (Å²) in [5.74, 6) is -1.52. The fraction of sp³-hybridized carbons (Fsp3) is 0.480. The van der Waals surface area contributed by atoms with Gasteiger partial charge in [0.1, 0.15) is 23.2 Å². The molecule has 2 heterocycles. The number of nitrogens with zero attached hydrogens (tertiary/aromatic N) is 2. The molecule has 1 aromatic carbocycles. The van der Waals surface area contributed by atoms with E-state index in [4.69, 9.17) is 9.57 Å². The largest absolute Gasteiger partial charge is 0.508 e. The van der Waals surface area contributed by atoms with E-state index in [1.807, 2.05) is 0 Å². The second-order valence-corrected chi connectivity index (χ2v) is 8.56. The molecule has 0 saturated carbocycles. The number of hydrogen-bond donors (Lipinski definition) is 3. The molecule has 0 unspecified atom stereocenters. The van der Waals surface area contributed by atoms with Crippen LogP contribution >= 0.6 is 0 Å². The maximum Gasteiger partial charge on any atom is 0.342 e. The number of aromatic hydroxyl groups is 2. The summed E-state index contributed by atoms with van der Waals surface area (Å²) in [5, 5.41) is 34.6. The summed E-state index contributed by atoms with van der Waals surface area (Å²) in [6.45, 7) is 2.89.